The molecule has 0 fully saturated rings. The van der Waals surface area contributed by atoms with Gasteiger partial charge in [0.15, 0.2) is 0 Å². The molecule has 22 heavy (non-hydrogen) atoms. The first-order chi connectivity index (χ1) is 10.8. The molecule has 0 radical (unpaired) electrons. The number of hydrogen-bond acceptors (Lipinski definition) is 2. The van der Waals surface area contributed by atoms with E-state index in [0.717, 1.165) is 30.6 Å². The van der Waals surface area contributed by atoms with Crippen LogP contribution in [0.5, 0.6) is 5.75 Å². The Bertz CT molecular complexity index is 693. The molecule has 1 aliphatic carbocycles. The number of rotatable bonds is 4. The first-order valence-corrected chi connectivity index (χ1v) is 7.56. The highest BCUT2D eigenvalue weighted by Gasteiger charge is 2.29. The minimum absolute atomic E-state index is 0.121. The number of nitrogens with zero attached hydrogens (tertiary/aromatic N) is 3. The second-order valence-electron chi connectivity index (χ2n) is 5.70. The minimum atomic E-state index is -0.121. The van der Waals surface area contributed by atoms with Crippen LogP contribution < -0.4 is 4.74 Å². The predicted molar refractivity (Wildman–Crippen MR) is 86.8 cm³/mol. The molecular formula is C18H19N3O. The van der Waals surface area contributed by atoms with Gasteiger partial charge in [-0.15, -0.1) is 0 Å². The Labute approximate surface area is 130 Å². The Morgan fingerprint density at radius 3 is 2.77 bits per heavy atom. The molecule has 2 aromatic rings. The van der Waals surface area contributed by atoms with Crippen LogP contribution >= 0.6 is 0 Å². The minimum Gasteiger partial charge on any atom is -0.497 e. The number of aryl methyl sites for hydroxylation is 1. The van der Waals surface area contributed by atoms with Crippen molar-refractivity contribution in [3.63, 3.8) is 0 Å². The number of benzene rings is 2. The zero-order chi connectivity index (χ0) is 15.4. The van der Waals surface area contributed by atoms with Gasteiger partial charge in [-0.2, -0.15) is 0 Å². The van der Waals surface area contributed by atoms with E-state index < -0.39 is 0 Å². The molecule has 0 saturated carbocycles. The monoisotopic (exact) mass is 293 g/mol. The van der Waals surface area contributed by atoms with Crippen molar-refractivity contribution in [2.75, 3.05) is 7.11 Å². The highest BCUT2D eigenvalue weighted by Crippen LogP contribution is 2.40. The third kappa shape index (κ3) is 2.92. The largest absolute Gasteiger partial charge is 0.497 e. The van der Waals surface area contributed by atoms with Crippen LogP contribution in [0.2, 0.25) is 0 Å². The molecule has 2 aromatic carbocycles. The zero-order valence-corrected chi connectivity index (χ0v) is 12.6. The van der Waals surface area contributed by atoms with E-state index in [9.17, 15) is 0 Å². The third-order valence-corrected chi connectivity index (χ3v) is 4.42. The average Bonchev–Trinajstić information content (AvgIpc) is 2.57. The summed E-state index contributed by atoms with van der Waals surface area (Å²) < 4.78 is 5.33. The van der Waals surface area contributed by atoms with Gasteiger partial charge in [0.05, 0.1) is 13.2 Å². The Morgan fingerprint density at radius 1 is 1.23 bits per heavy atom. The average molecular weight is 293 g/mol. The summed E-state index contributed by atoms with van der Waals surface area (Å²) in [6.45, 7) is 0. The zero-order valence-electron chi connectivity index (χ0n) is 12.6. The molecule has 0 heterocycles. The summed E-state index contributed by atoms with van der Waals surface area (Å²) in [7, 11) is 1.66. The predicted octanol–water partition coefficient (Wildman–Crippen LogP) is 4.85. The molecule has 112 valence electrons. The van der Waals surface area contributed by atoms with Gasteiger partial charge in [0.1, 0.15) is 5.75 Å². The molecule has 0 saturated heterocycles. The normalized spacial score (nSPS) is 19.9. The fourth-order valence-corrected chi connectivity index (χ4v) is 3.30. The van der Waals surface area contributed by atoms with Crippen LogP contribution in [-0.2, 0) is 12.8 Å². The van der Waals surface area contributed by atoms with Crippen molar-refractivity contribution in [3.8, 4) is 5.75 Å². The van der Waals surface area contributed by atoms with Crippen molar-refractivity contribution in [2.45, 2.75) is 25.3 Å². The van der Waals surface area contributed by atoms with Gasteiger partial charge in [-0.3, -0.25) is 0 Å². The van der Waals surface area contributed by atoms with Crippen LogP contribution in [0.1, 0.15) is 29.2 Å². The summed E-state index contributed by atoms with van der Waals surface area (Å²) in [6.07, 6.45) is 2.99. The first-order valence-electron chi connectivity index (χ1n) is 7.56. The molecule has 0 amide bonds. The second-order valence-corrected chi connectivity index (χ2v) is 5.70. The van der Waals surface area contributed by atoms with E-state index in [2.05, 4.69) is 40.4 Å². The third-order valence-electron chi connectivity index (χ3n) is 4.42. The van der Waals surface area contributed by atoms with E-state index in [1.807, 2.05) is 18.2 Å². The molecule has 0 aromatic heterocycles. The van der Waals surface area contributed by atoms with Crippen molar-refractivity contribution < 1.29 is 4.74 Å². The Morgan fingerprint density at radius 2 is 2.05 bits per heavy atom. The van der Waals surface area contributed by atoms with E-state index in [1.54, 1.807) is 7.11 Å². The van der Waals surface area contributed by atoms with Crippen molar-refractivity contribution in [1.29, 1.82) is 0 Å². The first kappa shape index (κ1) is 14.5. The van der Waals surface area contributed by atoms with Crippen molar-refractivity contribution in [1.82, 2.24) is 0 Å². The number of azide groups is 1. The summed E-state index contributed by atoms with van der Waals surface area (Å²) >= 11 is 0. The lowest BCUT2D eigenvalue weighted by Gasteiger charge is -2.31. The highest BCUT2D eigenvalue weighted by molar-refractivity contribution is 5.40. The number of ether oxygens (including phenoxy) is 1. The van der Waals surface area contributed by atoms with Gasteiger partial charge < -0.3 is 4.74 Å². The van der Waals surface area contributed by atoms with E-state index >= 15 is 0 Å². The van der Waals surface area contributed by atoms with Crippen LogP contribution in [0.15, 0.2) is 53.6 Å². The molecule has 1 aliphatic rings. The lowest BCUT2D eigenvalue weighted by Crippen LogP contribution is -2.21. The molecule has 3 rings (SSSR count). The lowest BCUT2D eigenvalue weighted by molar-refractivity contribution is 0.370. The second kappa shape index (κ2) is 6.54. The van der Waals surface area contributed by atoms with Gasteiger partial charge in [0.2, 0.25) is 0 Å². The summed E-state index contributed by atoms with van der Waals surface area (Å²) in [5.41, 5.74) is 12.7. The van der Waals surface area contributed by atoms with E-state index in [4.69, 9.17) is 10.3 Å². The number of hydrogen-bond donors (Lipinski definition) is 0. The smallest absolute Gasteiger partial charge is 0.119 e. The molecule has 0 spiro atoms. The van der Waals surface area contributed by atoms with Gasteiger partial charge in [-0.25, -0.2) is 0 Å². The summed E-state index contributed by atoms with van der Waals surface area (Å²) in [5, 5.41) is 4.10. The molecule has 2 unspecified atom stereocenters. The Kier molecular flexibility index (Phi) is 4.31. The van der Waals surface area contributed by atoms with Crippen molar-refractivity contribution >= 4 is 0 Å². The summed E-state index contributed by atoms with van der Waals surface area (Å²) in [4.78, 5) is 3.09. The standard InChI is InChI=1S/C18H19N3O/c1-22-16-10-9-14-7-8-15(11-13-5-3-2-4-6-13)18(20-21-19)17(14)12-16/h2-6,9-10,12,15,18H,7-8,11H2,1H3. The quantitative estimate of drug-likeness (QED) is 0.451. The maximum Gasteiger partial charge on any atom is 0.119 e. The van der Waals surface area contributed by atoms with Crippen LogP contribution in [0, 0.1) is 5.92 Å². The fraction of sp³-hybridized carbons (Fsp3) is 0.333. The highest BCUT2D eigenvalue weighted by atomic mass is 16.5. The lowest BCUT2D eigenvalue weighted by atomic mass is 9.77. The summed E-state index contributed by atoms with van der Waals surface area (Å²) in [5.74, 6) is 1.15. The molecule has 2 atom stereocenters. The van der Waals surface area contributed by atoms with E-state index in [-0.39, 0.29) is 6.04 Å². The SMILES string of the molecule is COc1ccc2c(c1)C(N=[N+]=[N-])C(Cc1ccccc1)CC2. The fourth-order valence-electron chi connectivity index (χ4n) is 3.30. The Hall–Kier alpha value is -2.45. The van der Waals surface area contributed by atoms with Gasteiger partial charge in [0.25, 0.3) is 0 Å². The molecule has 4 heteroatoms. The summed E-state index contributed by atoms with van der Waals surface area (Å²) in [6, 6.07) is 16.4. The van der Waals surface area contributed by atoms with Crippen molar-refractivity contribution in [2.24, 2.45) is 11.0 Å². The molecular weight excluding hydrogens is 274 g/mol. The maximum atomic E-state index is 8.98. The van der Waals surface area contributed by atoms with Crippen molar-refractivity contribution in [3.05, 3.63) is 75.7 Å². The van der Waals surface area contributed by atoms with Crippen LogP contribution in [-0.4, -0.2) is 7.11 Å². The van der Waals surface area contributed by atoms with E-state index in [1.165, 1.54) is 11.1 Å². The molecule has 4 nitrogen and oxygen atoms in total. The molecule has 0 N–H and O–H groups in total. The number of methoxy groups -OCH3 is 1. The van der Waals surface area contributed by atoms with Gasteiger partial charge >= 0.3 is 0 Å². The van der Waals surface area contributed by atoms with E-state index in [0.29, 0.717) is 5.92 Å². The van der Waals surface area contributed by atoms with Gasteiger partial charge in [-0.1, -0.05) is 41.5 Å². The Balaban J connectivity index is 1.93. The van der Waals surface area contributed by atoms with Gasteiger partial charge in [-0.05, 0) is 59.5 Å². The topological polar surface area (TPSA) is 58.0 Å². The van der Waals surface area contributed by atoms with Gasteiger partial charge in [0, 0.05) is 4.91 Å². The van der Waals surface area contributed by atoms with Crippen LogP contribution in [0.3, 0.4) is 0 Å². The van der Waals surface area contributed by atoms with Crippen LogP contribution in [0.4, 0.5) is 0 Å². The molecule has 0 bridgehead atoms. The number of fused-ring (bicyclic) bond motifs is 1. The maximum absolute atomic E-state index is 8.98. The molecule has 0 aliphatic heterocycles. The van der Waals surface area contributed by atoms with Crippen LogP contribution in [0.25, 0.3) is 10.4 Å².